The van der Waals surface area contributed by atoms with Crippen molar-refractivity contribution in [3.63, 3.8) is 0 Å². The molecule has 0 saturated carbocycles. The van der Waals surface area contributed by atoms with Crippen molar-refractivity contribution in [1.29, 1.82) is 0 Å². The molecule has 0 saturated heterocycles. The van der Waals surface area contributed by atoms with Gasteiger partial charge in [-0.2, -0.15) is 5.10 Å². The highest BCUT2D eigenvalue weighted by Gasteiger charge is 2.25. The Kier molecular flexibility index (Phi) is 4.16. The summed E-state index contributed by atoms with van der Waals surface area (Å²) in [6, 6.07) is 6.66. The zero-order valence-corrected chi connectivity index (χ0v) is 12.4. The molecule has 0 bridgehead atoms. The number of carbonyl (C=O) groups excluding carboxylic acids is 1. The van der Waals surface area contributed by atoms with E-state index >= 15 is 0 Å². The molecule has 1 atom stereocenters. The molecule has 0 aliphatic rings. The number of phenols is 1. The average Bonchev–Trinajstić information content (AvgIpc) is 2.86. The van der Waals surface area contributed by atoms with Gasteiger partial charge in [-0.25, -0.2) is 0 Å². The highest BCUT2D eigenvalue weighted by atomic mass is 16.3. The number of nitrogen functional groups attached to an aromatic ring is 1. The van der Waals surface area contributed by atoms with E-state index in [2.05, 4.69) is 10.2 Å². The summed E-state index contributed by atoms with van der Waals surface area (Å²) in [5.41, 5.74) is 7.97. The van der Waals surface area contributed by atoms with Gasteiger partial charge in [0.05, 0.1) is 17.4 Å². The standard InChI is InChI=1S/C15H20N4O2/c1-4-11-13(16)14(18-17-11)15(21)19(3)9(2)10-7-5-6-8-12(10)20/h5-9,20H,4,16H2,1-3H3,(H,17,18). The van der Waals surface area contributed by atoms with Crippen molar-refractivity contribution >= 4 is 11.6 Å². The lowest BCUT2D eigenvalue weighted by Crippen LogP contribution is -2.30. The van der Waals surface area contributed by atoms with Crippen LogP contribution in [-0.2, 0) is 6.42 Å². The average molecular weight is 288 g/mol. The number of H-pyrrole nitrogens is 1. The summed E-state index contributed by atoms with van der Waals surface area (Å²) in [5, 5.41) is 16.7. The Bertz CT molecular complexity index is 651. The quantitative estimate of drug-likeness (QED) is 0.802. The van der Waals surface area contributed by atoms with Gasteiger partial charge in [0.15, 0.2) is 5.69 Å². The Morgan fingerprint density at radius 1 is 1.48 bits per heavy atom. The van der Waals surface area contributed by atoms with Gasteiger partial charge in [0, 0.05) is 12.6 Å². The molecular weight excluding hydrogens is 268 g/mol. The van der Waals surface area contributed by atoms with E-state index in [-0.39, 0.29) is 23.4 Å². The van der Waals surface area contributed by atoms with Crippen molar-refractivity contribution in [2.45, 2.75) is 26.3 Å². The third kappa shape index (κ3) is 2.69. The summed E-state index contributed by atoms with van der Waals surface area (Å²) in [4.78, 5) is 14.0. The first-order valence-corrected chi connectivity index (χ1v) is 6.85. The number of carbonyl (C=O) groups is 1. The molecule has 1 aromatic carbocycles. The molecule has 1 unspecified atom stereocenters. The Labute approximate surface area is 123 Å². The number of aryl methyl sites for hydroxylation is 1. The van der Waals surface area contributed by atoms with Crippen molar-refractivity contribution < 1.29 is 9.90 Å². The van der Waals surface area contributed by atoms with E-state index in [0.717, 1.165) is 5.69 Å². The largest absolute Gasteiger partial charge is 0.508 e. The van der Waals surface area contributed by atoms with E-state index in [0.29, 0.717) is 17.7 Å². The van der Waals surface area contributed by atoms with Crippen LogP contribution in [-0.4, -0.2) is 33.2 Å². The number of nitrogens with one attached hydrogen (secondary N) is 1. The third-order valence-electron chi connectivity index (χ3n) is 3.73. The number of nitrogens with two attached hydrogens (primary N) is 1. The van der Waals surface area contributed by atoms with Gasteiger partial charge in [-0.05, 0) is 19.4 Å². The van der Waals surface area contributed by atoms with Gasteiger partial charge in [-0.3, -0.25) is 9.89 Å². The molecule has 2 rings (SSSR count). The first-order chi connectivity index (χ1) is 9.97. The number of para-hydroxylation sites is 1. The fourth-order valence-corrected chi connectivity index (χ4v) is 2.21. The van der Waals surface area contributed by atoms with Crippen LogP contribution >= 0.6 is 0 Å². The van der Waals surface area contributed by atoms with E-state index in [1.807, 2.05) is 19.9 Å². The molecule has 6 nitrogen and oxygen atoms in total. The van der Waals surface area contributed by atoms with Crippen LogP contribution in [0.15, 0.2) is 24.3 Å². The second kappa shape index (κ2) is 5.87. The number of anilines is 1. The Morgan fingerprint density at radius 3 is 2.71 bits per heavy atom. The summed E-state index contributed by atoms with van der Waals surface area (Å²) in [6.07, 6.45) is 0.685. The fraction of sp³-hybridized carbons (Fsp3) is 0.333. The van der Waals surface area contributed by atoms with Crippen LogP contribution in [0.4, 0.5) is 5.69 Å². The molecule has 1 aromatic heterocycles. The molecular formula is C15H20N4O2. The topological polar surface area (TPSA) is 95.2 Å². The monoisotopic (exact) mass is 288 g/mol. The van der Waals surface area contributed by atoms with Crippen LogP contribution in [0.3, 0.4) is 0 Å². The molecule has 0 fully saturated rings. The summed E-state index contributed by atoms with van der Waals surface area (Å²) >= 11 is 0. The normalized spacial score (nSPS) is 12.1. The van der Waals surface area contributed by atoms with Crippen LogP contribution in [0, 0.1) is 0 Å². The van der Waals surface area contributed by atoms with Gasteiger partial charge >= 0.3 is 0 Å². The van der Waals surface area contributed by atoms with E-state index in [1.165, 1.54) is 4.90 Å². The molecule has 1 heterocycles. The van der Waals surface area contributed by atoms with Gasteiger partial charge in [0.25, 0.3) is 5.91 Å². The maximum absolute atomic E-state index is 12.5. The van der Waals surface area contributed by atoms with Crippen molar-refractivity contribution in [1.82, 2.24) is 15.1 Å². The van der Waals surface area contributed by atoms with Gasteiger partial charge in [0.2, 0.25) is 0 Å². The number of aromatic amines is 1. The van der Waals surface area contributed by atoms with E-state index in [1.54, 1.807) is 25.2 Å². The molecule has 2 aromatic rings. The lowest BCUT2D eigenvalue weighted by Gasteiger charge is -2.25. The third-order valence-corrected chi connectivity index (χ3v) is 3.73. The molecule has 0 aliphatic heterocycles. The van der Waals surface area contributed by atoms with Crippen molar-refractivity contribution in [2.75, 3.05) is 12.8 Å². The summed E-state index contributed by atoms with van der Waals surface area (Å²) in [7, 11) is 1.67. The van der Waals surface area contributed by atoms with E-state index in [9.17, 15) is 9.90 Å². The molecule has 4 N–H and O–H groups in total. The molecule has 112 valence electrons. The molecule has 6 heteroatoms. The van der Waals surface area contributed by atoms with Gasteiger partial charge in [-0.15, -0.1) is 0 Å². The summed E-state index contributed by atoms with van der Waals surface area (Å²) in [5.74, 6) is -0.117. The highest BCUT2D eigenvalue weighted by molar-refractivity contribution is 5.97. The minimum atomic E-state index is -0.292. The van der Waals surface area contributed by atoms with E-state index in [4.69, 9.17) is 5.73 Å². The van der Waals surface area contributed by atoms with Crippen LogP contribution in [0.25, 0.3) is 0 Å². The Hall–Kier alpha value is -2.50. The Morgan fingerprint density at radius 2 is 2.14 bits per heavy atom. The van der Waals surface area contributed by atoms with Crippen LogP contribution in [0.1, 0.15) is 41.6 Å². The summed E-state index contributed by atoms with van der Waals surface area (Å²) < 4.78 is 0. The van der Waals surface area contributed by atoms with Crippen molar-refractivity contribution in [2.24, 2.45) is 0 Å². The molecule has 21 heavy (non-hydrogen) atoms. The number of rotatable bonds is 4. The molecule has 1 amide bonds. The first kappa shape index (κ1) is 14.9. The first-order valence-electron chi connectivity index (χ1n) is 6.85. The fourth-order valence-electron chi connectivity index (χ4n) is 2.21. The number of hydrogen-bond donors (Lipinski definition) is 3. The predicted molar refractivity (Wildman–Crippen MR) is 81.0 cm³/mol. The minimum Gasteiger partial charge on any atom is -0.508 e. The molecule has 0 aliphatic carbocycles. The zero-order chi connectivity index (χ0) is 15.6. The second-order valence-electron chi connectivity index (χ2n) is 4.97. The number of nitrogens with zero attached hydrogens (tertiary/aromatic N) is 2. The smallest absolute Gasteiger partial charge is 0.276 e. The maximum atomic E-state index is 12.5. The van der Waals surface area contributed by atoms with Crippen molar-refractivity contribution in [3.05, 3.63) is 41.2 Å². The zero-order valence-electron chi connectivity index (χ0n) is 12.4. The van der Waals surface area contributed by atoms with Crippen molar-refractivity contribution in [3.8, 4) is 5.75 Å². The SMILES string of the molecule is CCc1[nH]nc(C(=O)N(C)C(C)c2ccccc2O)c1N. The van der Waals surface area contributed by atoms with E-state index < -0.39 is 0 Å². The van der Waals surface area contributed by atoms with Crippen LogP contribution < -0.4 is 5.73 Å². The summed E-state index contributed by atoms with van der Waals surface area (Å²) in [6.45, 7) is 3.78. The number of phenolic OH excluding ortho intramolecular Hbond substituents is 1. The maximum Gasteiger partial charge on any atom is 0.276 e. The number of benzene rings is 1. The number of hydrogen-bond acceptors (Lipinski definition) is 4. The van der Waals surface area contributed by atoms with Gasteiger partial charge in [-0.1, -0.05) is 25.1 Å². The number of aromatic hydroxyl groups is 1. The molecule has 0 radical (unpaired) electrons. The number of amides is 1. The lowest BCUT2D eigenvalue weighted by molar-refractivity contribution is 0.0736. The minimum absolute atomic E-state index is 0.161. The predicted octanol–water partition coefficient (Wildman–Crippen LogP) is 2.09. The lowest BCUT2D eigenvalue weighted by atomic mass is 10.1. The Balaban J connectivity index is 2.27. The second-order valence-corrected chi connectivity index (χ2v) is 4.97. The highest BCUT2D eigenvalue weighted by Crippen LogP contribution is 2.28. The number of aromatic nitrogens is 2. The van der Waals surface area contributed by atoms with Gasteiger partial charge < -0.3 is 15.7 Å². The molecule has 0 spiro atoms. The van der Waals surface area contributed by atoms with Crippen LogP contribution in [0.5, 0.6) is 5.75 Å². The van der Waals surface area contributed by atoms with Crippen LogP contribution in [0.2, 0.25) is 0 Å². The van der Waals surface area contributed by atoms with Gasteiger partial charge in [0.1, 0.15) is 5.75 Å².